The molecule has 0 radical (unpaired) electrons. The first-order chi connectivity index (χ1) is 11.6. The molecule has 6 heteroatoms. The fourth-order valence-corrected chi connectivity index (χ4v) is 2.39. The molecule has 0 spiro atoms. The molecule has 118 valence electrons. The maximum atomic E-state index is 11.9. The van der Waals surface area contributed by atoms with Crippen LogP contribution in [0.15, 0.2) is 48.4 Å². The molecule has 2 heterocycles. The van der Waals surface area contributed by atoms with Crippen molar-refractivity contribution in [2.75, 3.05) is 14.1 Å². The number of hydrogen-bond acceptors (Lipinski definition) is 4. The highest BCUT2D eigenvalue weighted by Crippen LogP contribution is 2.25. The van der Waals surface area contributed by atoms with E-state index in [-0.39, 0.29) is 11.5 Å². The third-order valence-corrected chi connectivity index (χ3v) is 3.61. The van der Waals surface area contributed by atoms with E-state index in [1.54, 1.807) is 20.2 Å². The molecule has 0 fully saturated rings. The molecule has 3 rings (SSSR count). The van der Waals surface area contributed by atoms with Crippen molar-refractivity contribution >= 4 is 23.0 Å². The van der Waals surface area contributed by atoms with Crippen molar-refractivity contribution in [3.63, 3.8) is 0 Å². The number of likely N-dealkylation sites (N-methyl/N-ethyl adjacent to an activating group) is 1. The highest BCUT2D eigenvalue weighted by Gasteiger charge is 2.11. The van der Waals surface area contributed by atoms with Crippen molar-refractivity contribution in [3.8, 4) is 17.3 Å². The minimum atomic E-state index is -0.314. The standard InChI is InChI=1S/C18H15N5O/c1-23(2)18(24)14(10-19)9-12-3-5-13(6-4-12)16-15-7-8-20-17(15)22-11-21-16/h3-9,11H,1-2H3,(H,20,21,22). The third kappa shape index (κ3) is 2.88. The van der Waals surface area contributed by atoms with Crippen LogP contribution in [0.2, 0.25) is 0 Å². The Morgan fingerprint density at radius 2 is 1.96 bits per heavy atom. The van der Waals surface area contributed by atoms with Crippen molar-refractivity contribution in [2.45, 2.75) is 0 Å². The Hall–Kier alpha value is -3.46. The summed E-state index contributed by atoms with van der Waals surface area (Å²) in [6, 6.07) is 11.4. The summed E-state index contributed by atoms with van der Waals surface area (Å²) in [5.74, 6) is -0.314. The molecule has 3 aromatic rings. The first-order valence-corrected chi connectivity index (χ1v) is 7.32. The van der Waals surface area contributed by atoms with Crippen LogP contribution >= 0.6 is 0 Å². The molecule has 0 unspecified atom stereocenters. The number of aromatic nitrogens is 3. The van der Waals surface area contributed by atoms with E-state index in [0.29, 0.717) is 0 Å². The summed E-state index contributed by atoms with van der Waals surface area (Å²) in [5, 5.41) is 10.1. The SMILES string of the molecule is CN(C)C(=O)C(C#N)=Cc1ccc(-c2ncnc3[nH]ccc23)cc1. The Morgan fingerprint density at radius 1 is 1.21 bits per heavy atom. The molecule has 0 aliphatic rings. The predicted molar refractivity (Wildman–Crippen MR) is 91.6 cm³/mol. The van der Waals surface area contributed by atoms with Crippen molar-refractivity contribution in [2.24, 2.45) is 0 Å². The number of nitrogens with one attached hydrogen (secondary N) is 1. The van der Waals surface area contributed by atoms with Gasteiger partial charge in [0.15, 0.2) is 0 Å². The molecule has 2 aromatic heterocycles. The molecule has 1 amide bonds. The van der Waals surface area contributed by atoms with E-state index in [2.05, 4.69) is 15.0 Å². The lowest BCUT2D eigenvalue weighted by Gasteiger charge is -2.08. The topological polar surface area (TPSA) is 85.7 Å². The van der Waals surface area contributed by atoms with E-state index in [1.165, 1.54) is 11.2 Å². The van der Waals surface area contributed by atoms with Crippen LogP contribution in [0.25, 0.3) is 28.4 Å². The highest BCUT2D eigenvalue weighted by molar-refractivity contribution is 6.01. The molecule has 1 aromatic carbocycles. The van der Waals surface area contributed by atoms with Gasteiger partial charge in [-0.2, -0.15) is 5.26 Å². The Bertz CT molecular complexity index is 961. The first kappa shape index (κ1) is 15.4. The zero-order chi connectivity index (χ0) is 17.1. The summed E-state index contributed by atoms with van der Waals surface area (Å²) in [6.07, 6.45) is 4.93. The van der Waals surface area contributed by atoms with Crippen molar-refractivity contribution < 1.29 is 4.79 Å². The number of aromatic amines is 1. The molecule has 1 N–H and O–H groups in total. The number of nitriles is 1. The summed E-state index contributed by atoms with van der Waals surface area (Å²) < 4.78 is 0. The minimum Gasteiger partial charge on any atom is -0.346 e. The van der Waals surface area contributed by atoms with Gasteiger partial charge in [0.2, 0.25) is 0 Å². The first-order valence-electron chi connectivity index (χ1n) is 7.32. The maximum Gasteiger partial charge on any atom is 0.264 e. The molecule has 24 heavy (non-hydrogen) atoms. The number of carbonyl (C=O) groups is 1. The van der Waals surface area contributed by atoms with E-state index >= 15 is 0 Å². The average molecular weight is 317 g/mol. The monoisotopic (exact) mass is 317 g/mol. The van der Waals surface area contributed by atoms with Gasteiger partial charge in [-0.15, -0.1) is 0 Å². The number of H-pyrrole nitrogens is 1. The number of benzene rings is 1. The molecule has 0 saturated carbocycles. The average Bonchev–Trinajstić information content (AvgIpc) is 3.08. The van der Waals surface area contributed by atoms with Gasteiger partial charge in [-0.1, -0.05) is 24.3 Å². The van der Waals surface area contributed by atoms with Gasteiger partial charge in [-0.3, -0.25) is 4.79 Å². The second-order valence-electron chi connectivity index (χ2n) is 5.45. The molecule has 6 nitrogen and oxygen atoms in total. The highest BCUT2D eigenvalue weighted by atomic mass is 16.2. The number of hydrogen-bond donors (Lipinski definition) is 1. The smallest absolute Gasteiger partial charge is 0.264 e. The number of nitrogens with zero attached hydrogens (tertiary/aromatic N) is 4. The lowest BCUT2D eigenvalue weighted by Crippen LogP contribution is -2.22. The molecular formula is C18H15N5O. The number of rotatable bonds is 3. The van der Waals surface area contributed by atoms with E-state index in [4.69, 9.17) is 5.26 Å². The Morgan fingerprint density at radius 3 is 2.62 bits per heavy atom. The number of carbonyl (C=O) groups excluding carboxylic acids is 1. The fraction of sp³-hybridized carbons (Fsp3) is 0.111. The Kier molecular flexibility index (Phi) is 4.08. The lowest BCUT2D eigenvalue weighted by molar-refractivity contribution is -0.124. The predicted octanol–water partition coefficient (Wildman–Crippen LogP) is 2.62. The zero-order valence-corrected chi connectivity index (χ0v) is 13.3. The van der Waals surface area contributed by atoms with E-state index in [0.717, 1.165) is 27.9 Å². The lowest BCUT2D eigenvalue weighted by atomic mass is 10.0. The van der Waals surface area contributed by atoms with Gasteiger partial charge < -0.3 is 9.88 Å². The van der Waals surface area contributed by atoms with Gasteiger partial charge >= 0.3 is 0 Å². The third-order valence-electron chi connectivity index (χ3n) is 3.61. The van der Waals surface area contributed by atoms with Crippen molar-refractivity contribution in [3.05, 3.63) is 54.0 Å². The van der Waals surface area contributed by atoms with Crippen LogP contribution in [0.4, 0.5) is 0 Å². The fourth-order valence-electron chi connectivity index (χ4n) is 2.39. The van der Waals surface area contributed by atoms with Crippen LogP contribution in [-0.2, 0) is 4.79 Å². The van der Waals surface area contributed by atoms with E-state index in [9.17, 15) is 4.79 Å². The summed E-state index contributed by atoms with van der Waals surface area (Å²) in [7, 11) is 3.24. The quantitative estimate of drug-likeness (QED) is 0.594. The van der Waals surface area contributed by atoms with Gasteiger partial charge in [-0.25, -0.2) is 9.97 Å². The van der Waals surface area contributed by atoms with Gasteiger partial charge in [-0.05, 0) is 17.7 Å². The van der Waals surface area contributed by atoms with Crippen LogP contribution in [-0.4, -0.2) is 39.9 Å². The molecule has 0 atom stereocenters. The minimum absolute atomic E-state index is 0.0998. The Balaban J connectivity index is 1.95. The second-order valence-corrected chi connectivity index (χ2v) is 5.45. The van der Waals surface area contributed by atoms with Gasteiger partial charge in [0.1, 0.15) is 23.6 Å². The second kappa shape index (κ2) is 6.34. The molecule has 0 saturated heterocycles. The zero-order valence-electron chi connectivity index (χ0n) is 13.3. The molecule has 0 aliphatic heterocycles. The van der Waals surface area contributed by atoms with E-state index in [1.807, 2.05) is 42.6 Å². The molecule has 0 bridgehead atoms. The molecular weight excluding hydrogens is 302 g/mol. The van der Waals surface area contributed by atoms with Crippen LogP contribution in [0.5, 0.6) is 0 Å². The largest absolute Gasteiger partial charge is 0.346 e. The normalized spacial score (nSPS) is 11.3. The van der Waals surface area contributed by atoms with E-state index < -0.39 is 0 Å². The van der Waals surface area contributed by atoms with Crippen molar-refractivity contribution in [1.29, 1.82) is 5.26 Å². The summed E-state index contributed by atoms with van der Waals surface area (Å²) in [4.78, 5) is 24.9. The maximum absolute atomic E-state index is 11.9. The summed E-state index contributed by atoms with van der Waals surface area (Å²) >= 11 is 0. The van der Waals surface area contributed by atoms with Crippen LogP contribution in [0, 0.1) is 11.3 Å². The van der Waals surface area contributed by atoms with Crippen LogP contribution < -0.4 is 0 Å². The summed E-state index contributed by atoms with van der Waals surface area (Å²) in [6.45, 7) is 0. The van der Waals surface area contributed by atoms with Gasteiger partial charge in [0.05, 0.1) is 5.69 Å². The van der Waals surface area contributed by atoms with Crippen LogP contribution in [0.3, 0.4) is 0 Å². The number of amides is 1. The van der Waals surface area contributed by atoms with Crippen molar-refractivity contribution in [1.82, 2.24) is 19.9 Å². The van der Waals surface area contributed by atoms with Gasteiger partial charge in [0, 0.05) is 31.2 Å². The molecule has 0 aliphatic carbocycles. The Labute approximate surface area is 139 Å². The number of fused-ring (bicyclic) bond motifs is 1. The van der Waals surface area contributed by atoms with Gasteiger partial charge in [0.25, 0.3) is 5.91 Å². The summed E-state index contributed by atoms with van der Waals surface area (Å²) in [5.41, 5.74) is 3.44. The van der Waals surface area contributed by atoms with Crippen LogP contribution in [0.1, 0.15) is 5.56 Å².